The molecule has 0 saturated carbocycles. The van der Waals surface area contributed by atoms with Gasteiger partial charge in [0.15, 0.2) is 5.69 Å². The minimum Gasteiger partial charge on any atom is -0.493 e. The summed E-state index contributed by atoms with van der Waals surface area (Å²) in [6.45, 7) is 8.73. The molecule has 0 bridgehead atoms. The first-order valence-electron chi connectivity index (χ1n) is 9.98. The van der Waals surface area contributed by atoms with Crippen molar-refractivity contribution < 1.29 is 9.53 Å². The summed E-state index contributed by atoms with van der Waals surface area (Å²) in [6, 6.07) is 6.88. The van der Waals surface area contributed by atoms with E-state index in [0.29, 0.717) is 37.4 Å². The third-order valence-corrected chi connectivity index (χ3v) is 4.43. The molecule has 0 aliphatic rings. The van der Waals surface area contributed by atoms with E-state index >= 15 is 0 Å². The van der Waals surface area contributed by atoms with E-state index in [2.05, 4.69) is 4.98 Å². The molecule has 8 nitrogen and oxygen atoms in total. The van der Waals surface area contributed by atoms with E-state index in [1.54, 1.807) is 24.3 Å². The second-order valence-corrected chi connectivity index (χ2v) is 7.24. The quantitative estimate of drug-likeness (QED) is 0.670. The van der Waals surface area contributed by atoms with Crippen molar-refractivity contribution in [2.24, 2.45) is 5.92 Å². The molecule has 158 valence electrons. The van der Waals surface area contributed by atoms with E-state index in [1.807, 2.05) is 27.7 Å². The maximum atomic E-state index is 13.4. The van der Waals surface area contributed by atoms with Gasteiger partial charge in [-0.05, 0) is 31.4 Å². The van der Waals surface area contributed by atoms with Crippen LogP contribution in [0.25, 0.3) is 0 Å². The van der Waals surface area contributed by atoms with E-state index in [4.69, 9.17) is 10.5 Å². The van der Waals surface area contributed by atoms with Crippen molar-refractivity contribution >= 4 is 17.4 Å². The number of unbranched alkanes of at least 4 members (excludes halogenated alkanes) is 1. The van der Waals surface area contributed by atoms with Gasteiger partial charge in [-0.1, -0.05) is 39.3 Å². The third kappa shape index (κ3) is 5.07. The highest BCUT2D eigenvalue weighted by Gasteiger charge is 2.26. The van der Waals surface area contributed by atoms with Crippen LogP contribution in [0.2, 0.25) is 0 Å². The molecule has 0 saturated heterocycles. The van der Waals surface area contributed by atoms with Gasteiger partial charge in [-0.15, -0.1) is 0 Å². The predicted molar refractivity (Wildman–Crippen MR) is 115 cm³/mol. The monoisotopic (exact) mass is 402 g/mol. The van der Waals surface area contributed by atoms with Crippen molar-refractivity contribution in [3.63, 3.8) is 0 Å². The highest BCUT2D eigenvalue weighted by atomic mass is 16.5. The molecule has 2 rings (SSSR count). The molecule has 0 aliphatic carbocycles. The molecule has 0 unspecified atom stereocenters. The average molecular weight is 402 g/mol. The van der Waals surface area contributed by atoms with Crippen molar-refractivity contribution in [2.45, 2.75) is 47.1 Å². The Labute approximate surface area is 170 Å². The van der Waals surface area contributed by atoms with Crippen molar-refractivity contribution in [3.8, 4) is 5.75 Å². The van der Waals surface area contributed by atoms with Gasteiger partial charge in [0, 0.05) is 13.1 Å². The Morgan fingerprint density at radius 1 is 1.24 bits per heavy atom. The molecule has 1 amide bonds. The van der Waals surface area contributed by atoms with Crippen LogP contribution in [0.4, 0.5) is 11.5 Å². The topological polar surface area (TPSA) is 110 Å². The van der Waals surface area contributed by atoms with Crippen LogP contribution in [0.15, 0.2) is 33.9 Å². The number of nitrogens with one attached hydrogen (secondary N) is 1. The minimum absolute atomic E-state index is 0.00463. The number of ether oxygens (including phenoxy) is 1. The Morgan fingerprint density at radius 3 is 2.55 bits per heavy atom. The Kier molecular flexibility index (Phi) is 7.64. The smallest absolute Gasteiger partial charge is 0.330 e. The molecule has 0 atom stereocenters. The number of nitrogen functional groups attached to an aromatic ring is 1. The number of rotatable bonds is 9. The fourth-order valence-electron chi connectivity index (χ4n) is 3.09. The lowest BCUT2D eigenvalue weighted by Crippen LogP contribution is -2.42. The first-order chi connectivity index (χ1) is 13.8. The highest BCUT2D eigenvalue weighted by Crippen LogP contribution is 2.25. The van der Waals surface area contributed by atoms with Crippen LogP contribution in [0.3, 0.4) is 0 Å². The average Bonchev–Trinajstić information content (AvgIpc) is 2.67. The van der Waals surface area contributed by atoms with Crippen molar-refractivity contribution in [2.75, 3.05) is 23.8 Å². The number of hydrogen-bond donors (Lipinski definition) is 2. The van der Waals surface area contributed by atoms with E-state index < -0.39 is 17.2 Å². The van der Waals surface area contributed by atoms with E-state index in [9.17, 15) is 14.4 Å². The van der Waals surface area contributed by atoms with Gasteiger partial charge in [0.1, 0.15) is 11.6 Å². The fourth-order valence-corrected chi connectivity index (χ4v) is 3.09. The van der Waals surface area contributed by atoms with Crippen molar-refractivity contribution in [1.29, 1.82) is 0 Å². The number of anilines is 2. The molecule has 8 heteroatoms. The fraction of sp³-hybridized carbons (Fsp3) is 0.476. The van der Waals surface area contributed by atoms with Crippen LogP contribution in [0.1, 0.15) is 50.9 Å². The van der Waals surface area contributed by atoms with Crippen LogP contribution < -0.4 is 26.6 Å². The van der Waals surface area contributed by atoms with E-state index in [1.165, 1.54) is 9.47 Å². The Bertz CT molecular complexity index is 962. The SMILES string of the molecule is CCCCN(C(=O)c1ccccc1OCC)c1c(N)n(CC(C)C)c(=O)[nH]c1=O. The summed E-state index contributed by atoms with van der Waals surface area (Å²) in [5.74, 6) is 0.166. The lowest BCUT2D eigenvalue weighted by atomic mass is 10.1. The zero-order chi connectivity index (χ0) is 21.6. The van der Waals surface area contributed by atoms with Gasteiger partial charge in [-0.25, -0.2) is 4.79 Å². The largest absolute Gasteiger partial charge is 0.493 e. The number of para-hydroxylation sites is 1. The van der Waals surface area contributed by atoms with Crippen LogP contribution in [0.5, 0.6) is 5.75 Å². The van der Waals surface area contributed by atoms with Gasteiger partial charge in [-0.3, -0.25) is 19.1 Å². The number of amides is 1. The number of H-pyrrole nitrogens is 1. The van der Waals surface area contributed by atoms with Crippen LogP contribution in [-0.2, 0) is 6.54 Å². The number of aromatic nitrogens is 2. The number of benzene rings is 1. The predicted octanol–water partition coefficient (Wildman–Crippen LogP) is 2.62. The zero-order valence-corrected chi connectivity index (χ0v) is 17.5. The van der Waals surface area contributed by atoms with Gasteiger partial charge in [0.05, 0.1) is 12.2 Å². The number of carbonyl (C=O) groups excluding carboxylic acids is 1. The Hall–Kier alpha value is -3.03. The van der Waals surface area contributed by atoms with Gasteiger partial charge in [0.2, 0.25) is 0 Å². The highest BCUT2D eigenvalue weighted by molar-refractivity contribution is 6.08. The van der Waals surface area contributed by atoms with E-state index in [-0.39, 0.29) is 17.4 Å². The van der Waals surface area contributed by atoms with Gasteiger partial charge in [0.25, 0.3) is 11.5 Å². The molecule has 1 heterocycles. The maximum Gasteiger partial charge on any atom is 0.330 e. The zero-order valence-electron chi connectivity index (χ0n) is 17.5. The summed E-state index contributed by atoms with van der Waals surface area (Å²) in [5, 5.41) is 0. The number of aromatic amines is 1. The lowest BCUT2D eigenvalue weighted by Gasteiger charge is -2.25. The van der Waals surface area contributed by atoms with Crippen molar-refractivity contribution in [3.05, 3.63) is 50.7 Å². The molecule has 1 aromatic carbocycles. The molecule has 2 aromatic rings. The molecule has 0 radical (unpaired) electrons. The molecular weight excluding hydrogens is 372 g/mol. The molecule has 29 heavy (non-hydrogen) atoms. The summed E-state index contributed by atoms with van der Waals surface area (Å²) in [7, 11) is 0. The summed E-state index contributed by atoms with van der Waals surface area (Å²) < 4.78 is 6.89. The summed E-state index contributed by atoms with van der Waals surface area (Å²) in [6.07, 6.45) is 1.49. The molecule has 0 spiro atoms. The number of hydrogen-bond acceptors (Lipinski definition) is 5. The molecular formula is C21H30N4O4. The summed E-state index contributed by atoms with van der Waals surface area (Å²) in [4.78, 5) is 42.0. The summed E-state index contributed by atoms with van der Waals surface area (Å²) >= 11 is 0. The maximum absolute atomic E-state index is 13.4. The van der Waals surface area contributed by atoms with Crippen LogP contribution in [0, 0.1) is 5.92 Å². The lowest BCUT2D eigenvalue weighted by molar-refractivity contribution is 0.0982. The normalized spacial score (nSPS) is 10.9. The first-order valence-corrected chi connectivity index (χ1v) is 9.98. The standard InChI is InChI=1S/C21H30N4O4/c1-5-7-12-24(20(27)15-10-8-9-11-16(15)29-6-2)17-18(22)25(13-14(3)4)21(28)23-19(17)26/h8-11,14H,5-7,12-13,22H2,1-4H3,(H,23,26,28). The molecule has 3 N–H and O–H groups in total. The van der Waals surface area contributed by atoms with Crippen LogP contribution in [-0.4, -0.2) is 28.6 Å². The Morgan fingerprint density at radius 2 is 1.93 bits per heavy atom. The summed E-state index contributed by atoms with van der Waals surface area (Å²) in [5.41, 5.74) is 5.31. The van der Waals surface area contributed by atoms with E-state index in [0.717, 1.165) is 6.42 Å². The van der Waals surface area contributed by atoms with Gasteiger partial charge in [-0.2, -0.15) is 0 Å². The number of nitrogens with zero attached hydrogens (tertiary/aromatic N) is 2. The van der Waals surface area contributed by atoms with Crippen molar-refractivity contribution in [1.82, 2.24) is 9.55 Å². The minimum atomic E-state index is -0.675. The number of carbonyl (C=O) groups is 1. The van der Waals surface area contributed by atoms with Gasteiger partial charge < -0.3 is 15.4 Å². The third-order valence-electron chi connectivity index (χ3n) is 4.43. The number of nitrogens with two attached hydrogens (primary N) is 1. The molecule has 0 aliphatic heterocycles. The second-order valence-electron chi connectivity index (χ2n) is 7.24. The second kappa shape index (κ2) is 9.95. The first kappa shape index (κ1) is 22.3. The Balaban J connectivity index is 2.63. The van der Waals surface area contributed by atoms with Gasteiger partial charge >= 0.3 is 5.69 Å². The molecule has 0 fully saturated rings. The van der Waals surface area contributed by atoms with Crippen LogP contribution >= 0.6 is 0 Å². The molecule has 1 aromatic heterocycles.